The molecule has 0 amide bonds. The zero-order valence-electron chi connectivity index (χ0n) is 16.3. The minimum atomic E-state index is -3.24. The van der Waals surface area contributed by atoms with Gasteiger partial charge in [0.25, 0.3) is 0 Å². The van der Waals surface area contributed by atoms with Gasteiger partial charge in [-0.3, -0.25) is 0 Å². The fourth-order valence-corrected chi connectivity index (χ4v) is 6.25. The molecule has 0 aliphatic heterocycles. The summed E-state index contributed by atoms with van der Waals surface area (Å²) in [5.74, 6) is 0.213. The van der Waals surface area contributed by atoms with Crippen molar-refractivity contribution >= 4 is 23.4 Å². The summed E-state index contributed by atoms with van der Waals surface area (Å²) in [5.41, 5.74) is 7.25. The van der Waals surface area contributed by atoms with Gasteiger partial charge in [0.05, 0.1) is 0 Å². The van der Waals surface area contributed by atoms with Crippen LogP contribution in [0.25, 0.3) is 0 Å². The standard InChI is InChI=1S/C24H23N2O3P/c27-18-20-16-17-23(29-20)24(26-25-19-10-4-1-5-11-19)30(28,21-12-6-2-7-13-21)22-14-8-3-9-15-22/h1-17,24-27H,18H2. The van der Waals surface area contributed by atoms with Crippen molar-refractivity contribution in [2.24, 2.45) is 0 Å². The molecule has 0 bridgehead atoms. The summed E-state index contributed by atoms with van der Waals surface area (Å²) < 4.78 is 20.7. The summed E-state index contributed by atoms with van der Waals surface area (Å²) in [6.45, 7) is -0.222. The third-order valence-corrected chi connectivity index (χ3v) is 8.12. The number of hydrogen-bond donors (Lipinski definition) is 3. The Labute approximate surface area is 175 Å². The van der Waals surface area contributed by atoms with Gasteiger partial charge >= 0.3 is 0 Å². The van der Waals surface area contributed by atoms with Crippen molar-refractivity contribution in [1.29, 1.82) is 0 Å². The average molecular weight is 418 g/mol. The third-order valence-electron chi connectivity index (χ3n) is 4.88. The van der Waals surface area contributed by atoms with E-state index in [0.29, 0.717) is 22.1 Å². The number of benzene rings is 3. The maximum absolute atomic E-state index is 14.8. The van der Waals surface area contributed by atoms with Crippen LogP contribution in [-0.4, -0.2) is 5.11 Å². The lowest BCUT2D eigenvalue weighted by Gasteiger charge is -2.28. The van der Waals surface area contributed by atoms with E-state index in [1.165, 1.54) is 0 Å². The second kappa shape index (κ2) is 9.14. The Bertz CT molecular complexity index is 1070. The molecule has 152 valence electrons. The number of rotatable bonds is 8. The number of aliphatic hydroxyl groups is 1. The molecule has 1 atom stereocenters. The highest BCUT2D eigenvalue weighted by Gasteiger charge is 2.39. The average Bonchev–Trinajstić information content (AvgIpc) is 3.30. The quantitative estimate of drug-likeness (QED) is 0.292. The molecule has 4 aromatic rings. The highest BCUT2D eigenvalue weighted by atomic mass is 31.2. The van der Waals surface area contributed by atoms with Crippen LogP contribution in [0.15, 0.2) is 108 Å². The maximum Gasteiger partial charge on any atom is 0.168 e. The van der Waals surface area contributed by atoms with E-state index in [0.717, 1.165) is 5.69 Å². The van der Waals surface area contributed by atoms with Crippen LogP contribution in [0.5, 0.6) is 0 Å². The van der Waals surface area contributed by atoms with Gasteiger partial charge in [-0.2, -0.15) is 0 Å². The fourth-order valence-electron chi connectivity index (χ4n) is 3.39. The number of para-hydroxylation sites is 1. The number of aliphatic hydroxyl groups excluding tert-OH is 1. The van der Waals surface area contributed by atoms with E-state index < -0.39 is 12.9 Å². The summed E-state index contributed by atoms with van der Waals surface area (Å²) >= 11 is 0. The number of anilines is 1. The van der Waals surface area contributed by atoms with Crippen LogP contribution in [-0.2, 0) is 11.2 Å². The van der Waals surface area contributed by atoms with E-state index in [9.17, 15) is 9.67 Å². The fraction of sp³-hybridized carbons (Fsp3) is 0.0833. The Hall–Kier alpha value is -3.11. The normalized spacial score (nSPS) is 12.4. The number of hydrogen-bond acceptors (Lipinski definition) is 5. The number of nitrogens with one attached hydrogen (secondary N) is 2. The molecule has 1 heterocycles. The first-order valence-electron chi connectivity index (χ1n) is 9.69. The molecule has 0 radical (unpaired) electrons. The molecule has 6 heteroatoms. The van der Waals surface area contributed by atoms with Gasteiger partial charge in [0.2, 0.25) is 0 Å². The maximum atomic E-state index is 14.8. The van der Waals surface area contributed by atoms with Crippen molar-refractivity contribution in [3.8, 4) is 0 Å². The first-order chi connectivity index (χ1) is 14.7. The second-order valence-corrected chi connectivity index (χ2v) is 9.69. The molecular weight excluding hydrogens is 395 g/mol. The molecule has 0 saturated heterocycles. The van der Waals surface area contributed by atoms with Crippen LogP contribution in [0, 0.1) is 0 Å². The van der Waals surface area contributed by atoms with Gasteiger partial charge in [0, 0.05) is 16.3 Å². The van der Waals surface area contributed by atoms with E-state index in [-0.39, 0.29) is 6.61 Å². The van der Waals surface area contributed by atoms with Crippen molar-refractivity contribution in [1.82, 2.24) is 5.43 Å². The molecule has 0 aliphatic rings. The van der Waals surface area contributed by atoms with Crippen LogP contribution < -0.4 is 21.5 Å². The number of furan rings is 1. The topological polar surface area (TPSA) is 74.5 Å². The smallest absolute Gasteiger partial charge is 0.168 e. The zero-order valence-corrected chi connectivity index (χ0v) is 17.2. The Balaban J connectivity index is 1.83. The summed E-state index contributed by atoms with van der Waals surface area (Å²) in [4.78, 5) is 0. The van der Waals surface area contributed by atoms with E-state index in [2.05, 4.69) is 10.9 Å². The molecular formula is C24H23N2O3P. The molecule has 3 N–H and O–H groups in total. The molecule has 3 aromatic carbocycles. The van der Waals surface area contributed by atoms with Gasteiger partial charge in [-0.25, -0.2) is 5.43 Å². The van der Waals surface area contributed by atoms with Crippen molar-refractivity contribution in [3.63, 3.8) is 0 Å². The lowest BCUT2D eigenvalue weighted by molar-refractivity contribution is 0.242. The first-order valence-corrected chi connectivity index (χ1v) is 11.5. The molecule has 1 unspecified atom stereocenters. The Morgan fingerprint density at radius 3 is 1.80 bits per heavy atom. The zero-order chi connectivity index (χ0) is 20.8. The molecule has 0 spiro atoms. The lowest BCUT2D eigenvalue weighted by atomic mass is 10.3. The summed E-state index contributed by atoms with van der Waals surface area (Å²) in [7, 11) is -3.24. The molecule has 0 fully saturated rings. The van der Waals surface area contributed by atoms with Crippen molar-refractivity contribution < 1.29 is 14.1 Å². The van der Waals surface area contributed by atoms with Gasteiger partial charge in [-0.15, -0.1) is 0 Å². The lowest BCUT2D eigenvalue weighted by Crippen LogP contribution is -2.33. The highest BCUT2D eigenvalue weighted by molar-refractivity contribution is 7.78. The molecule has 0 saturated carbocycles. The van der Waals surface area contributed by atoms with Crippen LogP contribution in [0.2, 0.25) is 0 Å². The van der Waals surface area contributed by atoms with Gasteiger partial charge < -0.3 is 19.5 Å². The van der Waals surface area contributed by atoms with Crippen molar-refractivity contribution in [2.45, 2.75) is 12.4 Å². The minimum Gasteiger partial charge on any atom is -0.461 e. The SMILES string of the molecule is O=P(c1ccccc1)(c1ccccc1)C(NNc1ccccc1)c1ccc(CO)o1. The third kappa shape index (κ3) is 4.10. The van der Waals surface area contributed by atoms with Crippen molar-refractivity contribution in [2.75, 3.05) is 5.43 Å². The van der Waals surface area contributed by atoms with Crippen LogP contribution in [0.3, 0.4) is 0 Å². The van der Waals surface area contributed by atoms with E-state index >= 15 is 0 Å². The van der Waals surface area contributed by atoms with Gasteiger partial charge in [0.15, 0.2) is 7.14 Å². The van der Waals surface area contributed by atoms with E-state index in [1.54, 1.807) is 12.1 Å². The predicted molar refractivity (Wildman–Crippen MR) is 120 cm³/mol. The summed E-state index contributed by atoms with van der Waals surface area (Å²) in [6.07, 6.45) is 0. The largest absolute Gasteiger partial charge is 0.461 e. The molecule has 30 heavy (non-hydrogen) atoms. The van der Waals surface area contributed by atoms with Crippen LogP contribution >= 0.6 is 7.14 Å². The van der Waals surface area contributed by atoms with E-state index in [1.807, 2.05) is 91.0 Å². The predicted octanol–water partition coefficient (Wildman–Crippen LogP) is 4.40. The molecule has 5 nitrogen and oxygen atoms in total. The van der Waals surface area contributed by atoms with Crippen LogP contribution in [0.4, 0.5) is 5.69 Å². The Morgan fingerprint density at radius 2 is 1.30 bits per heavy atom. The summed E-state index contributed by atoms with van der Waals surface area (Å²) in [5, 5.41) is 10.9. The monoisotopic (exact) mass is 418 g/mol. The Kier molecular flexibility index (Phi) is 6.15. The van der Waals surface area contributed by atoms with E-state index in [4.69, 9.17) is 4.42 Å². The molecule has 1 aromatic heterocycles. The Morgan fingerprint density at radius 1 is 0.767 bits per heavy atom. The molecule has 0 aliphatic carbocycles. The van der Waals surface area contributed by atoms with Crippen LogP contribution in [0.1, 0.15) is 17.3 Å². The summed E-state index contributed by atoms with van der Waals surface area (Å²) in [6, 6.07) is 31.9. The van der Waals surface area contributed by atoms with Gasteiger partial charge in [-0.05, 0) is 24.3 Å². The number of hydrazine groups is 1. The minimum absolute atomic E-state index is 0.222. The van der Waals surface area contributed by atoms with Gasteiger partial charge in [-0.1, -0.05) is 78.9 Å². The molecule has 4 rings (SSSR count). The van der Waals surface area contributed by atoms with Gasteiger partial charge in [0.1, 0.15) is 23.9 Å². The van der Waals surface area contributed by atoms with Crippen molar-refractivity contribution in [3.05, 3.63) is 115 Å². The first kappa shape index (κ1) is 20.2. The highest BCUT2D eigenvalue weighted by Crippen LogP contribution is 2.55. The second-order valence-electron chi connectivity index (χ2n) is 6.83.